The van der Waals surface area contributed by atoms with Gasteiger partial charge in [-0.2, -0.15) is 5.26 Å². The lowest BCUT2D eigenvalue weighted by Crippen LogP contribution is -1.90. The third-order valence-electron chi connectivity index (χ3n) is 2.37. The molecular weight excluding hydrogens is 250 g/mol. The predicted octanol–water partition coefficient (Wildman–Crippen LogP) is 3.50. The van der Waals surface area contributed by atoms with Crippen LogP contribution < -0.4 is 4.74 Å². The Balaban J connectivity index is 2.33. The lowest BCUT2D eigenvalue weighted by atomic mass is 10.2. The van der Waals surface area contributed by atoms with Gasteiger partial charge in [-0.15, -0.1) is 0 Å². The molecule has 0 radical (unpaired) electrons. The smallest absolute Gasteiger partial charge is 0.146 e. The first-order valence-electron chi connectivity index (χ1n) is 5.30. The van der Waals surface area contributed by atoms with Crippen LogP contribution in [0.15, 0.2) is 42.5 Å². The summed E-state index contributed by atoms with van der Waals surface area (Å²) in [6, 6.07) is 13.9. The molecular formula is C14H10ClNO2. The van der Waals surface area contributed by atoms with Crippen LogP contribution in [-0.2, 0) is 6.61 Å². The van der Waals surface area contributed by atoms with Crippen molar-refractivity contribution in [2.75, 3.05) is 0 Å². The number of nitriles is 1. The van der Waals surface area contributed by atoms with E-state index in [0.717, 1.165) is 5.56 Å². The van der Waals surface area contributed by atoms with Gasteiger partial charge in [-0.1, -0.05) is 23.7 Å². The Bertz CT molecular complexity index is 605. The van der Waals surface area contributed by atoms with E-state index in [-0.39, 0.29) is 6.61 Å². The standard InChI is InChI=1S/C14H10ClNO2/c15-12-5-4-11(8-16)14(7-12)18-13-3-1-2-10(6-13)9-17/h1-7,17H,9H2. The molecule has 0 heterocycles. The fourth-order valence-electron chi connectivity index (χ4n) is 1.51. The van der Waals surface area contributed by atoms with Gasteiger partial charge in [-0.3, -0.25) is 0 Å². The van der Waals surface area contributed by atoms with Crippen LogP contribution in [0.25, 0.3) is 0 Å². The molecule has 0 atom stereocenters. The number of hydrogen-bond acceptors (Lipinski definition) is 3. The van der Waals surface area contributed by atoms with Crippen LogP contribution >= 0.6 is 11.6 Å². The summed E-state index contributed by atoms with van der Waals surface area (Å²) in [5.41, 5.74) is 1.15. The largest absolute Gasteiger partial charge is 0.456 e. The number of nitrogens with zero attached hydrogens (tertiary/aromatic N) is 1. The molecule has 0 fully saturated rings. The van der Waals surface area contributed by atoms with E-state index >= 15 is 0 Å². The summed E-state index contributed by atoms with van der Waals surface area (Å²) in [5.74, 6) is 0.959. The quantitative estimate of drug-likeness (QED) is 0.918. The van der Waals surface area contributed by atoms with E-state index in [1.165, 1.54) is 0 Å². The van der Waals surface area contributed by atoms with Gasteiger partial charge in [0.1, 0.15) is 17.6 Å². The molecule has 0 spiro atoms. The molecule has 2 aromatic carbocycles. The Hall–Kier alpha value is -2.02. The molecule has 1 N–H and O–H groups in total. The minimum atomic E-state index is -0.0577. The maximum Gasteiger partial charge on any atom is 0.146 e. The van der Waals surface area contributed by atoms with Crippen molar-refractivity contribution in [1.82, 2.24) is 0 Å². The van der Waals surface area contributed by atoms with Gasteiger partial charge in [0, 0.05) is 11.1 Å². The Labute approximate surface area is 110 Å². The third-order valence-corrected chi connectivity index (χ3v) is 2.61. The molecule has 0 aliphatic rings. The molecule has 0 aromatic heterocycles. The lowest BCUT2D eigenvalue weighted by molar-refractivity contribution is 0.281. The Morgan fingerprint density at radius 1 is 1.22 bits per heavy atom. The zero-order chi connectivity index (χ0) is 13.0. The van der Waals surface area contributed by atoms with E-state index in [4.69, 9.17) is 26.7 Å². The maximum absolute atomic E-state index is 9.04. The summed E-state index contributed by atoms with van der Waals surface area (Å²) in [7, 11) is 0. The molecule has 4 heteroatoms. The van der Waals surface area contributed by atoms with Crippen molar-refractivity contribution in [2.24, 2.45) is 0 Å². The van der Waals surface area contributed by atoms with E-state index in [9.17, 15) is 0 Å². The van der Waals surface area contributed by atoms with E-state index in [2.05, 4.69) is 0 Å². The van der Waals surface area contributed by atoms with Crippen LogP contribution in [0.4, 0.5) is 0 Å². The fourth-order valence-corrected chi connectivity index (χ4v) is 1.67. The van der Waals surface area contributed by atoms with Crippen molar-refractivity contribution in [3.8, 4) is 17.6 Å². The van der Waals surface area contributed by atoms with Crippen LogP contribution in [0.5, 0.6) is 11.5 Å². The number of hydrogen-bond donors (Lipinski definition) is 1. The molecule has 0 saturated carbocycles. The highest BCUT2D eigenvalue weighted by Gasteiger charge is 2.06. The summed E-state index contributed by atoms with van der Waals surface area (Å²) in [6.07, 6.45) is 0. The van der Waals surface area contributed by atoms with E-state index in [1.54, 1.807) is 42.5 Å². The highest BCUT2D eigenvalue weighted by molar-refractivity contribution is 6.30. The van der Waals surface area contributed by atoms with Crippen LogP contribution in [0, 0.1) is 11.3 Å². The van der Waals surface area contributed by atoms with Gasteiger partial charge in [0.25, 0.3) is 0 Å². The summed E-state index contributed by atoms with van der Waals surface area (Å²) < 4.78 is 5.61. The first-order valence-corrected chi connectivity index (χ1v) is 5.68. The van der Waals surface area contributed by atoms with Gasteiger partial charge < -0.3 is 9.84 Å². The second-order valence-corrected chi connectivity index (χ2v) is 4.10. The number of ether oxygens (including phenoxy) is 1. The van der Waals surface area contributed by atoms with Gasteiger partial charge in [0.05, 0.1) is 12.2 Å². The van der Waals surface area contributed by atoms with Crippen LogP contribution in [0.1, 0.15) is 11.1 Å². The second kappa shape index (κ2) is 5.54. The average molecular weight is 260 g/mol. The molecule has 18 heavy (non-hydrogen) atoms. The number of aliphatic hydroxyl groups excluding tert-OH is 1. The monoisotopic (exact) mass is 259 g/mol. The summed E-state index contributed by atoms with van der Waals surface area (Å²) in [4.78, 5) is 0. The van der Waals surface area contributed by atoms with Crippen LogP contribution in [0.2, 0.25) is 5.02 Å². The zero-order valence-electron chi connectivity index (χ0n) is 9.43. The predicted molar refractivity (Wildman–Crippen MR) is 68.6 cm³/mol. The minimum Gasteiger partial charge on any atom is -0.456 e. The molecule has 0 aliphatic heterocycles. The van der Waals surface area contributed by atoms with Crippen molar-refractivity contribution in [3.63, 3.8) is 0 Å². The molecule has 2 rings (SSSR count). The molecule has 0 aliphatic carbocycles. The highest BCUT2D eigenvalue weighted by Crippen LogP contribution is 2.28. The van der Waals surface area contributed by atoms with Crippen molar-refractivity contribution >= 4 is 11.6 Å². The molecule has 90 valence electrons. The van der Waals surface area contributed by atoms with Gasteiger partial charge >= 0.3 is 0 Å². The SMILES string of the molecule is N#Cc1ccc(Cl)cc1Oc1cccc(CO)c1. The Morgan fingerprint density at radius 3 is 2.78 bits per heavy atom. The molecule has 2 aromatic rings. The Morgan fingerprint density at radius 2 is 2.06 bits per heavy atom. The van der Waals surface area contributed by atoms with E-state index < -0.39 is 0 Å². The Kier molecular flexibility index (Phi) is 3.83. The van der Waals surface area contributed by atoms with Crippen molar-refractivity contribution in [2.45, 2.75) is 6.61 Å². The summed E-state index contributed by atoms with van der Waals surface area (Å²) >= 11 is 5.87. The van der Waals surface area contributed by atoms with Gasteiger partial charge in [0.2, 0.25) is 0 Å². The number of rotatable bonds is 3. The first kappa shape index (κ1) is 12.4. The van der Waals surface area contributed by atoms with Crippen molar-refractivity contribution < 1.29 is 9.84 Å². The second-order valence-electron chi connectivity index (χ2n) is 3.66. The number of aliphatic hydroxyl groups is 1. The third kappa shape index (κ3) is 2.80. The van der Waals surface area contributed by atoms with Gasteiger partial charge in [-0.05, 0) is 29.8 Å². The highest BCUT2D eigenvalue weighted by atomic mass is 35.5. The molecule has 0 unspecified atom stereocenters. The molecule has 0 bridgehead atoms. The molecule has 0 amide bonds. The average Bonchev–Trinajstić information content (AvgIpc) is 2.39. The summed E-state index contributed by atoms with van der Waals surface area (Å²) in [6.45, 7) is -0.0577. The summed E-state index contributed by atoms with van der Waals surface area (Å²) in [5, 5.41) is 18.5. The topological polar surface area (TPSA) is 53.2 Å². The van der Waals surface area contributed by atoms with Crippen molar-refractivity contribution in [1.29, 1.82) is 5.26 Å². The molecule has 0 saturated heterocycles. The van der Waals surface area contributed by atoms with Crippen LogP contribution in [-0.4, -0.2) is 5.11 Å². The normalized spacial score (nSPS) is 9.83. The van der Waals surface area contributed by atoms with Crippen LogP contribution in [0.3, 0.4) is 0 Å². The lowest BCUT2D eigenvalue weighted by Gasteiger charge is -2.08. The minimum absolute atomic E-state index is 0.0577. The fraction of sp³-hybridized carbons (Fsp3) is 0.0714. The van der Waals surface area contributed by atoms with E-state index in [0.29, 0.717) is 22.1 Å². The van der Waals surface area contributed by atoms with E-state index in [1.807, 2.05) is 6.07 Å². The van der Waals surface area contributed by atoms with Crippen molar-refractivity contribution in [3.05, 3.63) is 58.6 Å². The molecule has 3 nitrogen and oxygen atoms in total. The van der Waals surface area contributed by atoms with Gasteiger partial charge in [0.15, 0.2) is 0 Å². The maximum atomic E-state index is 9.04. The number of benzene rings is 2. The van der Waals surface area contributed by atoms with Gasteiger partial charge in [-0.25, -0.2) is 0 Å². The number of halogens is 1. The first-order chi connectivity index (χ1) is 8.72. The zero-order valence-corrected chi connectivity index (χ0v) is 10.2.